The number of carbonyl (C=O) groups excluding carboxylic acids is 1. The van der Waals surface area contributed by atoms with Gasteiger partial charge in [0.25, 0.3) is 0 Å². The fourth-order valence-electron chi connectivity index (χ4n) is 1.76. The molecule has 2 rings (SSSR count). The van der Waals surface area contributed by atoms with Gasteiger partial charge in [-0.05, 0) is 6.42 Å². The molecule has 17 heavy (non-hydrogen) atoms. The Labute approximate surface area is 98.9 Å². The number of hydrogen-bond acceptors (Lipinski definition) is 6. The van der Waals surface area contributed by atoms with Gasteiger partial charge in [0.05, 0.1) is 26.2 Å². The van der Waals surface area contributed by atoms with Gasteiger partial charge in [-0.2, -0.15) is 0 Å². The molecule has 1 unspecified atom stereocenters. The van der Waals surface area contributed by atoms with Gasteiger partial charge in [0.1, 0.15) is 5.69 Å². The molecule has 6 heteroatoms. The summed E-state index contributed by atoms with van der Waals surface area (Å²) in [5, 5.41) is 0. The Balaban J connectivity index is 2.26. The van der Waals surface area contributed by atoms with Crippen LogP contribution >= 0.6 is 0 Å². The summed E-state index contributed by atoms with van der Waals surface area (Å²) in [7, 11) is 2.84. The van der Waals surface area contributed by atoms with Crippen molar-refractivity contribution in [1.82, 2.24) is 4.98 Å². The Morgan fingerprint density at radius 1 is 1.53 bits per heavy atom. The lowest BCUT2D eigenvalue weighted by atomic mass is 10.1. The molecule has 0 aliphatic carbocycles. The number of nitrogens with zero attached hydrogens (tertiary/aromatic N) is 1. The van der Waals surface area contributed by atoms with Gasteiger partial charge in [-0.3, -0.25) is 0 Å². The first-order valence-electron chi connectivity index (χ1n) is 5.40. The van der Waals surface area contributed by atoms with Crippen LogP contribution in [0.4, 0.5) is 0 Å². The van der Waals surface area contributed by atoms with Crippen molar-refractivity contribution in [1.29, 1.82) is 0 Å². The highest BCUT2D eigenvalue weighted by atomic mass is 16.5. The summed E-state index contributed by atoms with van der Waals surface area (Å²) < 4.78 is 20.3. The Morgan fingerprint density at radius 3 is 2.94 bits per heavy atom. The summed E-state index contributed by atoms with van der Waals surface area (Å²) in [5.74, 6) is 0.227. The molecular weight excluding hydrogens is 226 g/mol. The van der Waals surface area contributed by atoms with Crippen molar-refractivity contribution >= 4 is 5.97 Å². The van der Waals surface area contributed by atoms with Gasteiger partial charge in [-0.15, -0.1) is 0 Å². The lowest BCUT2D eigenvalue weighted by Gasteiger charge is -1.99. The molecule has 0 bridgehead atoms. The molecular formula is C11H15NO5. The number of aromatic nitrogens is 1. The summed E-state index contributed by atoms with van der Waals surface area (Å²) >= 11 is 0. The monoisotopic (exact) mass is 241 g/mol. The van der Waals surface area contributed by atoms with Gasteiger partial charge in [-0.1, -0.05) is 0 Å². The van der Waals surface area contributed by atoms with Crippen molar-refractivity contribution < 1.29 is 23.4 Å². The molecule has 6 nitrogen and oxygen atoms in total. The molecule has 1 aliphatic rings. The Bertz CT molecular complexity index is 395. The first kappa shape index (κ1) is 12.1. The molecule has 1 aliphatic heterocycles. The van der Waals surface area contributed by atoms with Crippen LogP contribution in [0.3, 0.4) is 0 Å². The second kappa shape index (κ2) is 5.29. The van der Waals surface area contributed by atoms with E-state index in [2.05, 4.69) is 9.72 Å². The fraction of sp³-hybridized carbons (Fsp3) is 0.636. The minimum atomic E-state index is -0.533. The van der Waals surface area contributed by atoms with Gasteiger partial charge in [0.15, 0.2) is 0 Å². The van der Waals surface area contributed by atoms with Crippen molar-refractivity contribution in [3.05, 3.63) is 17.3 Å². The number of methoxy groups -OCH3 is 2. The third kappa shape index (κ3) is 2.48. The average molecular weight is 241 g/mol. The topological polar surface area (TPSA) is 70.8 Å². The molecule has 94 valence electrons. The van der Waals surface area contributed by atoms with Gasteiger partial charge in [0.2, 0.25) is 11.7 Å². The highest BCUT2D eigenvalue weighted by molar-refractivity contribution is 5.87. The minimum absolute atomic E-state index is 0.115. The van der Waals surface area contributed by atoms with Crippen molar-refractivity contribution in [2.45, 2.75) is 18.9 Å². The number of hydrogen-bond donors (Lipinski definition) is 0. The molecule has 0 spiro atoms. The first-order chi connectivity index (χ1) is 8.26. The molecule has 1 fully saturated rings. The van der Waals surface area contributed by atoms with E-state index in [1.807, 2.05) is 0 Å². The molecule has 1 atom stereocenters. The van der Waals surface area contributed by atoms with Crippen LogP contribution < -0.4 is 0 Å². The van der Waals surface area contributed by atoms with Gasteiger partial charge in [-0.25, -0.2) is 9.78 Å². The smallest absolute Gasteiger partial charge is 0.376 e. The maximum Gasteiger partial charge on any atom is 0.376 e. The van der Waals surface area contributed by atoms with E-state index < -0.39 is 5.97 Å². The number of ether oxygens (including phenoxy) is 3. The molecule has 2 heterocycles. The van der Waals surface area contributed by atoms with Crippen LogP contribution in [-0.4, -0.2) is 38.4 Å². The summed E-state index contributed by atoms with van der Waals surface area (Å²) in [6.07, 6.45) is 0.855. The quantitative estimate of drug-likeness (QED) is 0.735. The van der Waals surface area contributed by atoms with E-state index in [4.69, 9.17) is 13.9 Å². The van der Waals surface area contributed by atoms with Crippen molar-refractivity contribution in [2.75, 3.05) is 27.4 Å². The first-order valence-corrected chi connectivity index (χ1v) is 5.40. The summed E-state index contributed by atoms with van der Waals surface area (Å²) in [6.45, 7) is 1.50. The van der Waals surface area contributed by atoms with Gasteiger partial charge < -0.3 is 18.6 Å². The normalized spacial score (nSPS) is 19.5. The van der Waals surface area contributed by atoms with Crippen LogP contribution in [0.5, 0.6) is 0 Å². The molecule has 1 aromatic rings. The van der Waals surface area contributed by atoms with Crippen LogP contribution in [0.15, 0.2) is 4.42 Å². The van der Waals surface area contributed by atoms with E-state index >= 15 is 0 Å². The van der Waals surface area contributed by atoms with E-state index in [0.29, 0.717) is 24.8 Å². The third-order valence-corrected chi connectivity index (χ3v) is 2.64. The molecule has 0 radical (unpaired) electrons. The van der Waals surface area contributed by atoms with E-state index in [1.54, 1.807) is 0 Å². The number of rotatable bonds is 4. The minimum Gasteiger partial charge on any atom is -0.463 e. The lowest BCUT2D eigenvalue weighted by molar-refractivity contribution is 0.0555. The van der Waals surface area contributed by atoms with Gasteiger partial charge in [0, 0.05) is 13.7 Å². The van der Waals surface area contributed by atoms with E-state index in [9.17, 15) is 4.79 Å². The predicted octanol–water partition coefficient (Wildman–Crippen LogP) is 1.11. The number of esters is 1. The van der Waals surface area contributed by atoms with E-state index in [1.165, 1.54) is 14.2 Å². The fourth-order valence-corrected chi connectivity index (χ4v) is 1.76. The largest absolute Gasteiger partial charge is 0.463 e. The molecule has 1 aromatic heterocycles. The van der Waals surface area contributed by atoms with Crippen molar-refractivity contribution in [2.24, 2.45) is 0 Å². The highest BCUT2D eigenvalue weighted by Gasteiger charge is 2.27. The van der Waals surface area contributed by atoms with Crippen molar-refractivity contribution in [3.63, 3.8) is 0 Å². The maximum absolute atomic E-state index is 11.5. The van der Waals surface area contributed by atoms with Crippen molar-refractivity contribution in [3.8, 4) is 0 Å². The van der Waals surface area contributed by atoms with E-state index in [0.717, 1.165) is 6.42 Å². The second-order valence-corrected chi connectivity index (χ2v) is 3.81. The zero-order valence-electron chi connectivity index (χ0n) is 9.89. The van der Waals surface area contributed by atoms with Crippen LogP contribution in [0.1, 0.15) is 34.5 Å². The zero-order valence-corrected chi connectivity index (χ0v) is 9.89. The molecule has 0 amide bonds. The van der Waals surface area contributed by atoms with Crippen LogP contribution in [-0.2, 0) is 20.8 Å². The summed E-state index contributed by atoms with van der Waals surface area (Å²) in [4.78, 5) is 15.8. The van der Waals surface area contributed by atoms with E-state index in [-0.39, 0.29) is 18.3 Å². The SMILES string of the molecule is COCc1nc(C2CCOC2)oc1C(=O)OC. The molecule has 0 N–H and O–H groups in total. The second-order valence-electron chi connectivity index (χ2n) is 3.81. The van der Waals surface area contributed by atoms with Crippen LogP contribution in [0, 0.1) is 0 Å². The maximum atomic E-state index is 11.5. The summed E-state index contributed by atoms with van der Waals surface area (Å²) in [5.41, 5.74) is 0.473. The predicted molar refractivity (Wildman–Crippen MR) is 56.7 cm³/mol. The Hall–Kier alpha value is -1.40. The molecule has 1 saturated heterocycles. The number of carbonyl (C=O) groups is 1. The Kier molecular flexibility index (Phi) is 3.75. The van der Waals surface area contributed by atoms with Crippen LogP contribution in [0.25, 0.3) is 0 Å². The highest BCUT2D eigenvalue weighted by Crippen LogP contribution is 2.26. The third-order valence-electron chi connectivity index (χ3n) is 2.64. The summed E-state index contributed by atoms with van der Waals surface area (Å²) in [6, 6.07) is 0. The zero-order chi connectivity index (χ0) is 12.3. The molecule has 0 saturated carbocycles. The Morgan fingerprint density at radius 2 is 2.35 bits per heavy atom. The van der Waals surface area contributed by atoms with Gasteiger partial charge >= 0.3 is 5.97 Å². The molecule has 0 aromatic carbocycles. The average Bonchev–Trinajstić information content (AvgIpc) is 2.96. The standard InChI is InChI=1S/C11H15NO5/c1-14-6-8-9(11(13)15-2)17-10(12-8)7-3-4-16-5-7/h7H,3-6H2,1-2H3. The van der Waals surface area contributed by atoms with Crippen LogP contribution in [0.2, 0.25) is 0 Å². The lowest BCUT2D eigenvalue weighted by Crippen LogP contribution is -2.04. The number of oxazole rings is 1.